The minimum Gasteiger partial charge on any atom is -0.253 e. The van der Waals surface area contributed by atoms with Crippen LogP contribution in [0.5, 0.6) is 0 Å². The molecule has 0 aromatic carbocycles. The van der Waals surface area contributed by atoms with Crippen molar-refractivity contribution in [3.8, 4) is 0 Å². The highest BCUT2D eigenvalue weighted by molar-refractivity contribution is 5.72. The van der Waals surface area contributed by atoms with Crippen LogP contribution in [0.3, 0.4) is 0 Å². The van der Waals surface area contributed by atoms with Gasteiger partial charge in [-0.3, -0.25) is 4.98 Å². The smallest absolute Gasteiger partial charge is 0.129 e. The van der Waals surface area contributed by atoms with E-state index in [4.69, 9.17) is 4.98 Å². The van der Waals surface area contributed by atoms with Crippen LogP contribution in [0.2, 0.25) is 0 Å². The monoisotopic (exact) mass is 459 g/mol. The molecule has 5 fully saturated rings. The molecule has 0 aliphatic heterocycles. The lowest BCUT2D eigenvalue weighted by Crippen LogP contribution is -2.77. The molecule has 5 aliphatic carbocycles. The summed E-state index contributed by atoms with van der Waals surface area (Å²) in [5.41, 5.74) is 3.76. The Kier molecular flexibility index (Phi) is 5.39. The molecule has 0 radical (unpaired) electrons. The third kappa shape index (κ3) is 2.73. The van der Waals surface area contributed by atoms with Gasteiger partial charge in [0.15, 0.2) is 0 Å². The molecule has 7 atom stereocenters. The lowest BCUT2D eigenvalue weighted by Gasteiger charge is -2.82. The van der Waals surface area contributed by atoms with Gasteiger partial charge in [0.25, 0.3) is 0 Å². The normalized spacial score (nSPS) is 41.5. The van der Waals surface area contributed by atoms with Crippen LogP contribution in [0, 0.1) is 45.8 Å². The summed E-state index contributed by atoms with van der Waals surface area (Å²) in [6.07, 6.45) is 22.7. The van der Waals surface area contributed by atoms with Crippen LogP contribution < -0.4 is 0 Å². The van der Waals surface area contributed by atoms with E-state index in [1.54, 1.807) is 32.1 Å². The van der Waals surface area contributed by atoms with E-state index in [0.29, 0.717) is 16.2 Å². The predicted molar refractivity (Wildman–Crippen MR) is 139 cm³/mol. The van der Waals surface area contributed by atoms with Gasteiger partial charge >= 0.3 is 0 Å². The summed E-state index contributed by atoms with van der Waals surface area (Å²) in [4.78, 5) is 13.8. The molecule has 0 N–H and O–H groups in total. The molecule has 3 heteroatoms. The van der Waals surface area contributed by atoms with Crippen LogP contribution in [-0.2, 0) is 6.42 Å². The zero-order valence-corrected chi connectivity index (χ0v) is 20.7. The van der Waals surface area contributed by atoms with Crippen molar-refractivity contribution < 1.29 is 0 Å². The van der Waals surface area contributed by atoms with E-state index in [1.165, 1.54) is 44.9 Å². The summed E-state index contributed by atoms with van der Waals surface area (Å²) in [5, 5.41) is 0. The highest BCUT2D eigenvalue weighted by Crippen LogP contribution is 2.88. The number of nitrogens with zero attached hydrogens (tertiary/aromatic N) is 3. The Balaban J connectivity index is 0.00000217. The standard InChI is InChI=1S/C30H41N3.CH4/c1-28(2)29-17-15-23-22-9-4-3-7-20(22)14-16-30(23,28)26(29)13-12-21(29)8-5-11-27-32-19-25-24(33-27)10-6-18-31-25;/h6,10,18-23,26H,3-5,7-9,11-17H2,1-2H3;1H4. The maximum Gasteiger partial charge on any atom is 0.129 e. The molecule has 2 aromatic rings. The van der Waals surface area contributed by atoms with Gasteiger partial charge in [0.2, 0.25) is 0 Å². The van der Waals surface area contributed by atoms with E-state index in [2.05, 4.69) is 29.9 Å². The summed E-state index contributed by atoms with van der Waals surface area (Å²) in [7, 11) is 0. The number of fused-ring (bicyclic) bond motifs is 3. The highest BCUT2D eigenvalue weighted by Gasteiger charge is 2.82. The number of hydrogen-bond donors (Lipinski definition) is 0. The third-order valence-electron chi connectivity index (χ3n) is 12.4. The largest absolute Gasteiger partial charge is 0.253 e. The molecule has 3 nitrogen and oxygen atoms in total. The Labute approximate surface area is 207 Å². The summed E-state index contributed by atoms with van der Waals surface area (Å²) >= 11 is 0. The van der Waals surface area contributed by atoms with Gasteiger partial charge in [-0.05, 0) is 116 Å². The Morgan fingerprint density at radius 2 is 1.76 bits per heavy atom. The zero-order valence-electron chi connectivity index (χ0n) is 20.7. The molecule has 2 aromatic heterocycles. The maximum absolute atomic E-state index is 4.79. The SMILES string of the molecule is C.CC1(C)C23CCC4C5CCCCC5CCC41C2CCC3CCCc1ncc2ncccc2n1. The number of aromatic nitrogens is 3. The van der Waals surface area contributed by atoms with Crippen molar-refractivity contribution >= 4 is 11.0 Å². The molecule has 5 aliphatic rings. The number of rotatable bonds is 4. The lowest BCUT2D eigenvalue weighted by atomic mass is 9.22. The molecule has 34 heavy (non-hydrogen) atoms. The topological polar surface area (TPSA) is 38.7 Å². The first kappa shape index (κ1) is 22.9. The Bertz CT molecular complexity index is 1060. The van der Waals surface area contributed by atoms with E-state index in [-0.39, 0.29) is 7.43 Å². The maximum atomic E-state index is 4.79. The molecule has 2 heterocycles. The van der Waals surface area contributed by atoms with Crippen LogP contribution in [0.4, 0.5) is 0 Å². The van der Waals surface area contributed by atoms with Crippen LogP contribution in [0.25, 0.3) is 11.0 Å². The molecule has 184 valence electrons. The van der Waals surface area contributed by atoms with Gasteiger partial charge < -0.3 is 0 Å². The summed E-state index contributed by atoms with van der Waals surface area (Å²) in [6.45, 7) is 5.47. The summed E-state index contributed by atoms with van der Waals surface area (Å²) < 4.78 is 0. The molecule has 0 amide bonds. The molecule has 7 unspecified atom stereocenters. The minimum atomic E-state index is 0. The van der Waals surface area contributed by atoms with E-state index in [9.17, 15) is 0 Å². The first-order valence-electron chi connectivity index (χ1n) is 14.1. The van der Waals surface area contributed by atoms with Gasteiger partial charge in [-0.1, -0.05) is 40.5 Å². The van der Waals surface area contributed by atoms with Gasteiger partial charge in [-0.15, -0.1) is 0 Å². The second-order valence-electron chi connectivity index (χ2n) is 13.0. The fourth-order valence-electron chi connectivity index (χ4n) is 11.4. The van der Waals surface area contributed by atoms with Gasteiger partial charge in [-0.25, -0.2) is 9.97 Å². The van der Waals surface area contributed by atoms with Crippen molar-refractivity contribution in [2.75, 3.05) is 0 Å². The van der Waals surface area contributed by atoms with Gasteiger partial charge in [-0.2, -0.15) is 0 Å². The molecular formula is C31H45N3. The molecule has 0 saturated heterocycles. The molecule has 7 rings (SSSR count). The first-order chi connectivity index (χ1) is 16.1. The van der Waals surface area contributed by atoms with E-state index >= 15 is 0 Å². The van der Waals surface area contributed by atoms with Gasteiger partial charge in [0.1, 0.15) is 11.3 Å². The first-order valence-corrected chi connectivity index (χ1v) is 14.1. The second kappa shape index (κ2) is 8.00. The van der Waals surface area contributed by atoms with E-state index in [0.717, 1.165) is 52.9 Å². The van der Waals surface area contributed by atoms with Crippen LogP contribution in [0.15, 0.2) is 24.5 Å². The quantitative estimate of drug-likeness (QED) is 0.464. The number of hydrogen-bond acceptors (Lipinski definition) is 3. The zero-order chi connectivity index (χ0) is 22.3. The summed E-state index contributed by atoms with van der Waals surface area (Å²) in [5.74, 6) is 6.17. The summed E-state index contributed by atoms with van der Waals surface area (Å²) in [6, 6.07) is 4.03. The van der Waals surface area contributed by atoms with Crippen LogP contribution in [-0.4, -0.2) is 15.0 Å². The molecule has 2 bridgehead atoms. The predicted octanol–water partition coefficient (Wildman–Crippen LogP) is 8.03. The van der Waals surface area contributed by atoms with Crippen molar-refractivity contribution in [1.82, 2.24) is 15.0 Å². The highest BCUT2D eigenvalue weighted by atomic mass is 14.9. The average molecular weight is 460 g/mol. The van der Waals surface area contributed by atoms with Crippen molar-refractivity contribution in [2.45, 2.75) is 105 Å². The third-order valence-corrected chi connectivity index (χ3v) is 12.4. The molecule has 5 saturated carbocycles. The Morgan fingerprint density at radius 3 is 2.68 bits per heavy atom. The van der Waals surface area contributed by atoms with Gasteiger partial charge in [0, 0.05) is 12.6 Å². The van der Waals surface area contributed by atoms with Crippen molar-refractivity contribution in [2.24, 2.45) is 45.8 Å². The fraction of sp³-hybridized carbons (Fsp3) is 0.774. The average Bonchev–Trinajstić information content (AvgIpc) is 3.22. The number of aryl methyl sites for hydroxylation is 1. The van der Waals surface area contributed by atoms with Crippen LogP contribution in [0.1, 0.15) is 104 Å². The number of pyridine rings is 1. The van der Waals surface area contributed by atoms with Crippen molar-refractivity contribution in [3.05, 3.63) is 30.4 Å². The van der Waals surface area contributed by atoms with Crippen LogP contribution >= 0.6 is 0 Å². The van der Waals surface area contributed by atoms with E-state index in [1.807, 2.05) is 18.5 Å². The van der Waals surface area contributed by atoms with Crippen molar-refractivity contribution in [1.29, 1.82) is 0 Å². The van der Waals surface area contributed by atoms with E-state index < -0.39 is 0 Å². The lowest BCUT2D eigenvalue weighted by molar-refractivity contribution is -0.349. The molecular weight excluding hydrogens is 414 g/mol. The van der Waals surface area contributed by atoms with Crippen molar-refractivity contribution in [3.63, 3.8) is 0 Å². The fourth-order valence-corrected chi connectivity index (χ4v) is 11.4. The Hall–Kier alpha value is -1.51. The molecule has 2 spiro atoms. The second-order valence-corrected chi connectivity index (χ2v) is 13.0. The Morgan fingerprint density at radius 1 is 0.912 bits per heavy atom. The van der Waals surface area contributed by atoms with Gasteiger partial charge in [0.05, 0.1) is 11.7 Å². The minimum absolute atomic E-state index is 0.